The second-order valence-electron chi connectivity index (χ2n) is 6.48. The van der Waals surface area contributed by atoms with Crippen molar-refractivity contribution in [2.45, 2.75) is 18.2 Å². The van der Waals surface area contributed by atoms with Gasteiger partial charge in [0.15, 0.2) is 11.6 Å². The molecule has 12 heteroatoms. The normalized spacial score (nSPS) is 13.6. The fourth-order valence-corrected chi connectivity index (χ4v) is 3.67. The summed E-state index contributed by atoms with van der Waals surface area (Å²) < 4.78 is 67.3. The van der Waals surface area contributed by atoms with Gasteiger partial charge in [0.25, 0.3) is 0 Å². The van der Waals surface area contributed by atoms with E-state index in [1.165, 1.54) is 12.1 Å². The number of para-hydroxylation sites is 1. The lowest BCUT2D eigenvalue weighted by Gasteiger charge is -2.27. The standard InChI is InChI=1S/C19H14F5N3O3S/c20-11-6-5-10(7-12(11)21)26-16(29)9-25-15(28)8-18(30,19(22,23)24)17-27-13-3-1-2-4-14(13)31-17/h1-7,30H,8-9H2,(H,25,28)(H,26,29)/t18-/m1/s1. The van der Waals surface area contributed by atoms with E-state index < -0.39 is 53.2 Å². The van der Waals surface area contributed by atoms with Crippen LogP contribution in [-0.4, -0.2) is 34.6 Å². The maximum atomic E-state index is 13.6. The highest BCUT2D eigenvalue weighted by Crippen LogP contribution is 2.44. The topological polar surface area (TPSA) is 91.3 Å². The van der Waals surface area contributed by atoms with Gasteiger partial charge >= 0.3 is 6.18 Å². The number of thiazole rings is 1. The summed E-state index contributed by atoms with van der Waals surface area (Å²) >= 11 is 0.595. The lowest BCUT2D eigenvalue weighted by Crippen LogP contribution is -2.47. The van der Waals surface area contributed by atoms with Gasteiger partial charge in [0.2, 0.25) is 17.4 Å². The number of aliphatic hydroxyl groups is 1. The molecule has 1 heterocycles. The number of hydrogen-bond donors (Lipinski definition) is 3. The van der Waals surface area contributed by atoms with E-state index in [0.29, 0.717) is 22.1 Å². The van der Waals surface area contributed by atoms with Crippen molar-refractivity contribution in [2.24, 2.45) is 0 Å². The predicted molar refractivity (Wildman–Crippen MR) is 102 cm³/mol. The number of nitrogens with one attached hydrogen (secondary N) is 2. The summed E-state index contributed by atoms with van der Waals surface area (Å²) in [6.45, 7) is -0.758. The van der Waals surface area contributed by atoms with Gasteiger partial charge in [-0.15, -0.1) is 11.3 Å². The zero-order valence-electron chi connectivity index (χ0n) is 15.5. The predicted octanol–water partition coefficient (Wildman–Crippen LogP) is 3.47. The minimum Gasteiger partial charge on any atom is -0.374 e. The van der Waals surface area contributed by atoms with Crippen LogP contribution >= 0.6 is 11.3 Å². The minimum absolute atomic E-state index is 0.112. The Labute approximate surface area is 175 Å². The number of aromatic nitrogens is 1. The van der Waals surface area contributed by atoms with Crippen LogP contribution in [-0.2, 0) is 15.2 Å². The quantitative estimate of drug-likeness (QED) is 0.493. The largest absolute Gasteiger partial charge is 0.424 e. The van der Waals surface area contributed by atoms with Gasteiger partial charge in [-0.3, -0.25) is 9.59 Å². The van der Waals surface area contributed by atoms with Gasteiger partial charge in [0.1, 0.15) is 5.01 Å². The summed E-state index contributed by atoms with van der Waals surface area (Å²) in [6.07, 6.45) is -6.64. The number of carbonyl (C=O) groups excluding carboxylic acids is 2. The Morgan fingerprint density at radius 2 is 1.74 bits per heavy atom. The molecule has 0 spiro atoms. The number of nitrogens with zero attached hydrogens (tertiary/aromatic N) is 1. The van der Waals surface area contributed by atoms with Crippen molar-refractivity contribution in [3.63, 3.8) is 0 Å². The van der Waals surface area contributed by atoms with Gasteiger partial charge in [-0.1, -0.05) is 12.1 Å². The number of hydrogen-bond acceptors (Lipinski definition) is 5. The first kappa shape index (κ1) is 22.6. The molecule has 0 aliphatic heterocycles. The van der Waals surface area contributed by atoms with Crippen LogP contribution in [0.1, 0.15) is 11.4 Å². The molecule has 6 nitrogen and oxygen atoms in total. The Kier molecular flexibility index (Phi) is 6.23. The molecule has 0 saturated carbocycles. The van der Waals surface area contributed by atoms with Crippen LogP contribution in [0.15, 0.2) is 42.5 Å². The van der Waals surface area contributed by atoms with Crippen molar-refractivity contribution in [1.82, 2.24) is 10.3 Å². The Bertz CT molecular complexity index is 1100. The van der Waals surface area contributed by atoms with E-state index in [9.17, 15) is 36.6 Å². The minimum atomic E-state index is -5.22. The first-order valence-electron chi connectivity index (χ1n) is 8.66. The second kappa shape index (κ2) is 8.55. The molecular weight excluding hydrogens is 445 g/mol. The number of fused-ring (bicyclic) bond motifs is 1. The van der Waals surface area contributed by atoms with E-state index in [4.69, 9.17) is 0 Å². The Hall–Kier alpha value is -3.12. The zero-order chi connectivity index (χ0) is 22.8. The number of anilines is 1. The van der Waals surface area contributed by atoms with Crippen LogP contribution in [0.25, 0.3) is 10.2 Å². The number of benzene rings is 2. The number of rotatable bonds is 6. The van der Waals surface area contributed by atoms with Gasteiger partial charge in [0.05, 0.1) is 23.2 Å². The third-order valence-corrected chi connectivity index (χ3v) is 5.37. The highest BCUT2D eigenvalue weighted by molar-refractivity contribution is 7.18. The van der Waals surface area contributed by atoms with Crippen molar-refractivity contribution in [2.75, 3.05) is 11.9 Å². The molecule has 1 atom stereocenters. The molecule has 0 aliphatic carbocycles. The molecule has 3 N–H and O–H groups in total. The van der Waals surface area contributed by atoms with Gasteiger partial charge in [-0.05, 0) is 24.3 Å². The van der Waals surface area contributed by atoms with Crippen LogP contribution in [0.3, 0.4) is 0 Å². The molecule has 0 bridgehead atoms. The highest BCUT2D eigenvalue weighted by Gasteiger charge is 2.58. The number of halogens is 5. The fraction of sp³-hybridized carbons (Fsp3) is 0.211. The molecule has 164 valence electrons. The molecule has 3 aromatic rings. The molecule has 1 aromatic heterocycles. The summed E-state index contributed by atoms with van der Waals surface area (Å²) in [5.41, 5.74) is -3.44. The first-order valence-corrected chi connectivity index (χ1v) is 9.48. The summed E-state index contributed by atoms with van der Waals surface area (Å²) in [6, 6.07) is 8.68. The Balaban J connectivity index is 1.68. The van der Waals surface area contributed by atoms with Gasteiger partial charge in [-0.25, -0.2) is 13.8 Å². The van der Waals surface area contributed by atoms with Crippen LogP contribution in [0, 0.1) is 11.6 Å². The first-order chi connectivity index (χ1) is 14.5. The van der Waals surface area contributed by atoms with Crippen molar-refractivity contribution < 1.29 is 36.6 Å². The van der Waals surface area contributed by atoms with E-state index in [-0.39, 0.29) is 11.2 Å². The van der Waals surface area contributed by atoms with E-state index >= 15 is 0 Å². The van der Waals surface area contributed by atoms with Crippen LogP contribution in [0.5, 0.6) is 0 Å². The SMILES string of the molecule is O=C(C[C@@](O)(c1nc2ccccc2s1)C(F)(F)F)NCC(=O)Nc1ccc(F)c(F)c1. The van der Waals surface area contributed by atoms with Gasteiger partial charge in [-0.2, -0.15) is 13.2 Å². The maximum Gasteiger partial charge on any atom is 0.424 e. The molecular formula is C19H14F5N3O3S. The third-order valence-electron chi connectivity index (χ3n) is 4.18. The van der Waals surface area contributed by atoms with Crippen molar-refractivity contribution in [3.8, 4) is 0 Å². The van der Waals surface area contributed by atoms with Crippen LogP contribution in [0.4, 0.5) is 27.6 Å². The second-order valence-corrected chi connectivity index (χ2v) is 7.51. The Morgan fingerprint density at radius 3 is 2.39 bits per heavy atom. The smallest absolute Gasteiger partial charge is 0.374 e. The molecule has 2 aromatic carbocycles. The molecule has 0 saturated heterocycles. The number of amides is 2. The number of carbonyl (C=O) groups is 2. The monoisotopic (exact) mass is 459 g/mol. The highest BCUT2D eigenvalue weighted by atomic mass is 32.1. The van der Waals surface area contributed by atoms with Gasteiger partial charge < -0.3 is 15.7 Å². The lowest BCUT2D eigenvalue weighted by atomic mass is 9.99. The fourth-order valence-electron chi connectivity index (χ4n) is 2.60. The van der Waals surface area contributed by atoms with Crippen LogP contribution in [0.2, 0.25) is 0 Å². The average molecular weight is 459 g/mol. The molecule has 31 heavy (non-hydrogen) atoms. The summed E-state index contributed by atoms with van der Waals surface area (Å²) in [4.78, 5) is 27.7. The van der Waals surface area contributed by atoms with Crippen LogP contribution < -0.4 is 10.6 Å². The summed E-state index contributed by atoms with van der Waals surface area (Å²) in [5.74, 6) is -4.50. The molecule has 0 fully saturated rings. The van der Waals surface area contributed by atoms with E-state index in [1.807, 2.05) is 5.32 Å². The average Bonchev–Trinajstić information content (AvgIpc) is 3.13. The molecule has 2 amide bonds. The molecule has 0 unspecified atom stereocenters. The molecule has 0 radical (unpaired) electrons. The Morgan fingerprint density at radius 1 is 1.03 bits per heavy atom. The molecule has 0 aliphatic rings. The summed E-state index contributed by atoms with van der Waals surface area (Å²) in [5, 5.41) is 13.7. The lowest BCUT2D eigenvalue weighted by molar-refractivity contribution is -0.267. The van der Waals surface area contributed by atoms with Crippen molar-refractivity contribution in [3.05, 3.63) is 59.1 Å². The maximum absolute atomic E-state index is 13.6. The van der Waals surface area contributed by atoms with Gasteiger partial charge in [0, 0.05) is 11.8 Å². The number of alkyl halides is 3. The van der Waals surface area contributed by atoms with E-state index in [2.05, 4.69) is 10.3 Å². The zero-order valence-corrected chi connectivity index (χ0v) is 16.3. The molecule has 3 rings (SSSR count). The third kappa shape index (κ3) is 4.97. The van der Waals surface area contributed by atoms with E-state index in [0.717, 1.165) is 12.1 Å². The van der Waals surface area contributed by atoms with E-state index in [1.54, 1.807) is 12.1 Å². The van der Waals surface area contributed by atoms with Crippen molar-refractivity contribution >= 4 is 39.1 Å². The summed E-state index contributed by atoms with van der Waals surface area (Å²) in [7, 11) is 0. The van der Waals surface area contributed by atoms with Crippen molar-refractivity contribution in [1.29, 1.82) is 0 Å².